The van der Waals surface area contributed by atoms with Gasteiger partial charge in [0.25, 0.3) is 0 Å². The van der Waals surface area contributed by atoms with Gasteiger partial charge in [0.1, 0.15) is 6.10 Å². The summed E-state index contributed by atoms with van der Waals surface area (Å²) in [5.41, 5.74) is 1.14. The lowest BCUT2D eigenvalue weighted by Gasteiger charge is -2.40. The number of hydrogen-bond acceptors (Lipinski definition) is 3. The van der Waals surface area contributed by atoms with E-state index in [0.29, 0.717) is 0 Å². The number of hydrogen-bond donors (Lipinski definition) is 0. The van der Waals surface area contributed by atoms with E-state index in [-0.39, 0.29) is 18.3 Å². The highest BCUT2D eigenvalue weighted by Crippen LogP contribution is 2.34. The van der Waals surface area contributed by atoms with Crippen LogP contribution in [0.5, 0.6) is 0 Å². The molecule has 1 heterocycles. The Balaban J connectivity index is 2.30. The van der Waals surface area contributed by atoms with Gasteiger partial charge in [0.15, 0.2) is 22.7 Å². The molecule has 3 atom stereocenters. The van der Waals surface area contributed by atoms with Crippen LogP contribution in [0, 0.1) is 0 Å². The molecule has 1 aliphatic rings. The zero-order valence-electron chi connectivity index (χ0n) is 14.5. The van der Waals surface area contributed by atoms with E-state index < -0.39 is 16.6 Å². The molecule has 5 heteroatoms. The van der Waals surface area contributed by atoms with Gasteiger partial charge in [-0.25, -0.2) is 0 Å². The first-order valence-electron chi connectivity index (χ1n) is 7.88. The summed E-state index contributed by atoms with van der Waals surface area (Å²) in [7, 11) is -3.38. The third-order valence-electron chi connectivity index (χ3n) is 3.22. The van der Waals surface area contributed by atoms with Crippen molar-refractivity contribution in [3.8, 4) is 0 Å². The highest BCUT2D eigenvalue weighted by Gasteiger charge is 2.39. The quantitative estimate of drug-likeness (QED) is 0.729. The molecule has 0 radical (unpaired) electrons. The molecule has 0 fully saturated rings. The van der Waals surface area contributed by atoms with Gasteiger partial charge >= 0.3 is 0 Å². The van der Waals surface area contributed by atoms with Crippen LogP contribution < -0.4 is 0 Å². The molecular formula is C17H28O3Si2. The van der Waals surface area contributed by atoms with Crippen molar-refractivity contribution in [3.63, 3.8) is 0 Å². The monoisotopic (exact) mass is 336 g/mol. The summed E-state index contributed by atoms with van der Waals surface area (Å²) in [6.07, 6.45) is 3.53. The zero-order chi connectivity index (χ0) is 16.4. The van der Waals surface area contributed by atoms with Crippen molar-refractivity contribution in [1.29, 1.82) is 0 Å². The second kappa shape index (κ2) is 6.70. The predicted molar refractivity (Wildman–Crippen MR) is 95.8 cm³/mol. The minimum absolute atomic E-state index is 0.0441. The first kappa shape index (κ1) is 17.5. The van der Waals surface area contributed by atoms with Gasteiger partial charge in [0.2, 0.25) is 0 Å². The van der Waals surface area contributed by atoms with Crippen LogP contribution in [0.1, 0.15) is 11.7 Å². The molecule has 0 saturated carbocycles. The fourth-order valence-corrected chi connectivity index (χ4v) is 4.63. The van der Waals surface area contributed by atoms with E-state index in [0.717, 1.165) is 5.56 Å². The summed E-state index contributed by atoms with van der Waals surface area (Å²) in [5.74, 6) is 0. The summed E-state index contributed by atoms with van der Waals surface area (Å²) in [4.78, 5) is 0. The minimum Gasteiger partial charge on any atom is -0.491 e. The number of ether oxygens (including phenoxy) is 1. The smallest absolute Gasteiger partial charge is 0.184 e. The van der Waals surface area contributed by atoms with Crippen molar-refractivity contribution in [2.75, 3.05) is 0 Å². The fraction of sp³-hybridized carbons (Fsp3) is 0.529. The predicted octanol–water partition coefficient (Wildman–Crippen LogP) is 4.71. The Morgan fingerprint density at radius 2 is 1.45 bits per heavy atom. The second-order valence-corrected chi connectivity index (χ2v) is 16.6. The molecule has 0 bridgehead atoms. The van der Waals surface area contributed by atoms with Gasteiger partial charge in [-0.05, 0) is 50.9 Å². The fourth-order valence-electron chi connectivity index (χ4n) is 2.53. The lowest BCUT2D eigenvalue weighted by atomic mass is 9.99. The second-order valence-electron chi connectivity index (χ2n) is 7.69. The van der Waals surface area contributed by atoms with Crippen LogP contribution >= 0.6 is 0 Å². The van der Waals surface area contributed by atoms with E-state index in [9.17, 15) is 0 Å². The van der Waals surface area contributed by atoms with E-state index >= 15 is 0 Å². The minimum atomic E-state index is -1.71. The lowest BCUT2D eigenvalue weighted by Crippen LogP contribution is -2.48. The molecule has 22 heavy (non-hydrogen) atoms. The maximum absolute atomic E-state index is 6.46. The van der Waals surface area contributed by atoms with E-state index in [1.165, 1.54) is 0 Å². The SMILES string of the molecule is C[Si](C)(C)O[C@H]1[C@@H](c2ccccc2)OC=C[C@H]1O[Si](C)(C)C. The summed E-state index contributed by atoms with van der Waals surface area (Å²) >= 11 is 0. The van der Waals surface area contributed by atoms with Gasteiger partial charge in [-0.15, -0.1) is 0 Å². The lowest BCUT2D eigenvalue weighted by molar-refractivity contribution is -0.0483. The highest BCUT2D eigenvalue weighted by atomic mass is 28.4. The van der Waals surface area contributed by atoms with E-state index in [1.54, 1.807) is 6.26 Å². The molecule has 1 aromatic rings. The maximum atomic E-state index is 6.46. The van der Waals surface area contributed by atoms with Crippen molar-refractivity contribution in [3.05, 3.63) is 48.2 Å². The summed E-state index contributed by atoms with van der Waals surface area (Å²) in [6, 6.07) is 10.3. The Hall–Kier alpha value is -0.886. The normalized spacial score (nSPS) is 25.8. The average Bonchev–Trinajstić information content (AvgIpc) is 2.38. The molecule has 0 unspecified atom stereocenters. The molecule has 2 rings (SSSR count). The van der Waals surface area contributed by atoms with Crippen LogP contribution in [0.25, 0.3) is 0 Å². The summed E-state index contributed by atoms with van der Waals surface area (Å²) in [5, 5.41) is 0. The Kier molecular flexibility index (Phi) is 5.32. The molecule has 0 amide bonds. The average molecular weight is 337 g/mol. The van der Waals surface area contributed by atoms with Crippen molar-refractivity contribution >= 4 is 16.6 Å². The first-order chi connectivity index (χ1) is 10.2. The molecule has 1 aliphatic heterocycles. The highest BCUT2D eigenvalue weighted by molar-refractivity contribution is 6.70. The first-order valence-corrected chi connectivity index (χ1v) is 14.7. The maximum Gasteiger partial charge on any atom is 0.184 e. The number of rotatable bonds is 5. The molecular weight excluding hydrogens is 308 g/mol. The van der Waals surface area contributed by atoms with E-state index in [1.807, 2.05) is 24.3 Å². The Morgan fingerprint density at radius 1 is 0.864 bits per heavy atom. The molecule has 0 aliphatic carbocycles. The van der Waals surface area contributed by atoms with Crippen LogP contribution in [0.4, 0.5) is 0 Å². The van der Waals surface area contributed by atoms with Gasteiger partial charge in [0, 0.05) is 0 Å². The van der Waals surface area contributed by atoms with Crippen molar-refractivity contribution in [1.82, 2.24) is 0 Å². The third kappa shape index (κ3) is 5.09. The largest absolute Gasteiger partial charge is 0.491 e. The van der Waals surface area contributed by atoms with Crippen LogP contribution in [-0.2, 0) is 13.6 Å². The van der Waals surface area contributed by atoms with Crippen LogP contribution in [0.2, 0.25) is 39.3 Å². The van der Waals surface area contributed by atoms with Gasteiger partial charge in [-0.2, -0.15) is 0 Å². The molecule has 0 aromatic heterocycles. The van der Waals surface area contributed by atoms with E-state index in [4.69, 9.17) is 13.6 Å². The molecule has 0 N–H and O–H groups in total. The van der Waals surface area contributed by atoms with Crippen LogP contribution in [-0.4, -0.2) is 28.8 Å². The van der Waals surface area contributed by atoms with Gasteiger partial charge in [0.05, 0.1) is 12.4 Å². The Morgan fingerprint density at radius 3 is 2.00 bits per heavy atom. The standard InChI is InChI=1S/C17H28O3Si2/c1-21(2,3)19-15-12-13-18-16(14-10-8-7-9-11-14)17(15)20-22(4,5)6/h7-13,15-17H,1-6H3/t15-,16-,17-/m1/s1. The van der Waals surface area contributed by atoms with Crippen LogP contribution in [0.15, 0.2) is 42.7 Å². The molecule has 122 valence electrons. The van der Waals surface area contributed by atoms with Gasteiger partial charge in [-0.1, -0.05) is 30.3 Å². The van der Waals surface area contributed by atoms with Gasteiger partial charge in [-0.3, -0.25) is 0 Å². The zero-order valence-corrected chi connectivity index (χ0v) is 16.5. The van der Waals surface area contributed by atoms with Gasteiger partial charge < -0.3 is 13.6 Å². The molecule has 0 spiro atoms. The van der Waals surface area contributed by atoms with Crippen molar-refractivity contribution < 1.29 is 13.6 Å². The van der Waals surface area contributed by atoms with Crippen molar-refractivity contribution in [2.24, 2.45) is 0 Å². The Bertz CT molecular complexity index is 503. The van der Waals surface area contributed by atoms with Crippen molar-refractivity contribution in [2.45, 2.75) is 57.6 Å². The Labute approximate surface area is 136 Å². The molecule has 0 saturated heterocycles. The van der Waals surface area contributed by atoms with E-state index in [2.05, 4.69) is 51.4 Å². The topological polar surface area (TPSA) is 27.7 Å². The summed E-state index contributed by atoms with van der Waals surface area (Å²) < 4.78 is 18.7. The molecule has 1 aromatic carbocycles. The molecule has 3 nitrogen and oxygen atoms in total. The third-order valence-corrected chi connectivity index (χ3v) is 5.18. The summed E-state index contributed by atoms with van der Waals surface area (Å²) in [6.45, 7) is 13.2. The number of benzene rings is 1. The van der Waals surface area contributed by atoms with Crippen LogP contribution in [0.3, 0.4) is 0 Å².